The Labute approximate surface area is 189 Å². The van der Waals surface area contributed by atoms with Crippen molar-refractivity contribution in [3.05, 3.63) is 58.9 Å². The molecule has 1 aliphatic heterocycles. The minimum atomic E-state index is -0.0944. The summed E-state index contributed by atoms with van der Waals surface area (Å²) in [5, 5.41) is 4.09. The first-order valence-corrected chi connectivity index (χ1v) is 12.1. The second-order valence-electron chi connectivity index (χ2n) is 7.43. The predicted octanol–water partition coefficient (Wildman–Crippen LogP) is 4.01. The van der Waals surface area contributed by atoms with Gasteiger partial charge in [0, 0.05) is 24.6 Å². The number of allylic oxidation sites excluding steroid dienone is 1. The Hall–Kier alpha value is -2.42. The maximum Gasteiger partial charge on any atom is 0.263 e. The van der Waals surface area contributed by atoms with Crippen LogP contribution in [0.15, 0.2) is 52.9 Å². The molecule has 1 aromatic carbocycles. The molecule has 6 nitrogen and oxygen atoms in total. The smallest absolute Gasteiger partial charge is 0.263 e. The van der Waals surface area contributed by atoms with Gasteiger partial charge in [-0.15, -0.1) is 17.9 Å². The zero-order valence-electron chi connectivity index (χ0n) is 17.4. The maximum absolute atomic E-state index is 13.3. The molecule has 4 rings (SSSR count). The number of hydrogen-bond donors (Lipinski definition) is 1. The first kappa shape index (κ1) is 21.8. The number of thiophene rings is 1. The number of carbonyl (C=O) groups excluding carboxylic acids is 1. The van der Waals surface area contributed by atoms with E-state index in [1.807, 2.05) is 37.3 Å². The van der Waals surface area contributed by atoms with Crippen LogP contribution in [0, 0.1) is 6.92 Å². The summed E-state index contributed by atoms with van der Waals surface area (Å²) in [6.45, 7) is 7.37. The van der Waals surface area contributed by atoms with Gasteiger partial charge in [-0.1, -0.05) is 48.2 Å². The van der Waals surface area contributed by atoms with Crippen LogP contribution in [0.1, 0.15) is 18.4 Å². The van der Waals surface area contributed by atoms with Gasteiger partial charge in [0.1, 0.15) is 4.83 Å². The molecule has 1 atom stereocenters. The molecule has 1 fully saturated rings. The fourth-order valence-corrected chi connectivity index (χ4v) is 5.74. The van der Waals surface area contributed by atoms with E-state index < -0.39 is 0 Å². The Bertz CT molecular complexity index is 1150. The van der Waals surface area contributed by atoms with E-state index in [9.17, 15) is 9.59 Å². The minimum Gasteiger partial charge on any atom is -0.376 e. The van der Waals surface area contributed by atoms with E-state index in [0.717, 1.165) is 35.5 Å². The van der Waals surface area contributed by atoms with Crippen molar-refractivity contribution in [2.24, 2.45) is 0 Å². The quantitative estimate of drug-likeness (QED) is 0.316. The molecule has 0 radical (unpaired) electrons. The van der Waals surface area contributed by atoms with Gasteiger partial charge in [0.15, 0.2) is 5.16 Å². The first-order chi connectivity index (χ1) is 15.1. The van der Waals surface area contributed by atoms with Crippen LogP contribution in [0.4, 0.5) is 0 Å². The molecule has 0 saturated carbocycles. The van der Waals surface area contributed by atoms with Crippen LogP contribution in [0.5, 0.6) is 0 Å². The van der Waals surface area contributed by atoms with E-state index >= 15 is 0 Å². The van der Waals surface area contributed by atoms with E-state index in [1.54, 1.807) is 10.6 Å². The van der Waals surface area contributed by atoms with Crippen molar-refractivity contribution >= 4 is 39.2 Å². The molecule has 1 N–H and O–H groups in total. The molecule has 31 heavy (non-hydrogen) atoms. The standard InChI is InChI=1S/C23H25N3O3S2/c1-3-11-26-22(28)19-15(2)20(16-8-5-4-6-9-16)31-21(19)25-23(26)30-14-18(27)24-13-17-10-7-12-29-17/h3-6,8-9,17H,1,7,10-14H2,2H3,(H,24,27). The van der Waals surface area contributed by atoms with Gasteiger partial charge in [-0.3, -0.25) is 14.2 Å². The van der Waals surface area contributed by atoms with E-state index in [0.29, 0.717) is 28.5 Å². The monoisotopic (exact) mass is 455 g/mol. The molecule has 0 aliphatic carbocycles. The fraction of sp³-hybridized carbons (Fsp3) is 0.348. The van der Waals surface area contributed by atoms with Gasteiger partial charge in [0.05, 0.1) is 17.2 Å². The number of aromatic nitrogens is 2. The van der Waals surface area contributed by atoms with Crippen molar-refractivity contribution < 1.29 is 9.53 Å². The van der Waals surface area contributed by atoms with E-state index in [1.165, 1.54) is 23.1 Å². The van der Waals surface area contributed by atoms with Crippen LogP contribution < -0.4 is 10.9 Å². The summed E-state index contributed by atoms with van der Waals surface area (Å²) < 4.78 is 7.14. The van der Waals surface area contributed by atoms with E-state index in [-0.39, 0.29) is 23.3 Å². The summed E-state index contributed by atoms with van der Waals surface area (Å²) in [5.41, 5.74) is 1.91. The second-order valence-corrected chi connectivity index (χ2v) is 9.37. The number of fused-ring (bicyclic) bond motifs is 1. The highest BCUT2D eigenvalue weighted by Gasteiger charge is 2.20. The van der Waals surface area contributed by atoms with Crippen molar-refractivity contribution in [2.45, 2.75) is 37.6 Å². The lowest BCUT2D eigenvalue weighted by molar-refractivity contribution is -0.119. The van der Waals surface area contributed by atoms with Crippen molar-refractivity contribution in [1.29, 1.82) is 0 Å². The third kappa shape index (κ3) is 4.76. The average molecular weight is 456 g/mol. The number of thioether (sulfide) groups is 1. The molecule has 162 valence electrons. The summed E-state index contributed by atoms with van der Waals surface area (Å²) in [4.78, 5) is 32.1. The predicted molar refractivity (Wildman–Crippen MR) is 127 cm³/mol. The number of hydrogen-bond acceptors (Lipinski definition) is 6. The highest BCUT2D eigenvalue weighted by Crippen LogP contribution is 2.36. The minimum absolute atomic E-state index is 0.0904. The van der Waals surface area contributed by atoms with Gasteiger partial charge in [-0.2, -0.15) is 0 Å². The zero-order chi connectivity index (χ0) is 21.8. The van der Waals surface area contributed by atoms with Gasteiger partial charge >= 0.3 is 0 Å². The number of nitrogens with one attached hydrogen (secondary N) is 1. The van der Waals surface area contributed by atoms with Crippen molar-refractivity contribution in [1.82, 2.24) is 14.9 Å². The molecule has 8 heteroatoms. The van der Waals surface area contributed by atoms with Gasteiger partial charge in [0.2, 0.25) is 5.91 Å². The molecule has 1 saturated heterocycles. The molecule has 3 heterocycles. The number of rotatable bonds is 8. The number of amides is 1. The first-order valence-electron chi connectivity index (χ1n) is 10.3. The highest BCUT2D eigenvalue weighted by molar-refractivity contribution is 7.99. The average Bonchev–Trinajstić information content (AvgIpc) is 3.41. The van der Waals surface area contributed by atoms with Crippen LogP contribution in [0.3, 0.4) is 0 Å². The van der Waals surface area contributed by atoms with Gasteiger partial charge in [0.25, 0.3) is 5.56 Å². The maximum atomic E-state index is 13.3. The Morgan fingerprint density at radius 3 is 2.94 bits per heavy atom. The number of carbonyl (C=O) groups is 1. The normalized spacial score (nSPS) is 16.0. The SMILES string of the molecule is C=CCn1c(SCC(=O)NCC2CCCO2)nc2sc(-c3ccccc3)c(C)c2c1=O. The van der Waals surface area contributed by atoms with Crippen LogP contribution >= 0.6 is 23.1 Å². The Kier molecular flexibility index (Phi) is 6.89. The summed E-state index contributed by atoms with van der Waals surface area (Å²) in [5.74, 6) is 0.102. The number of benzene rings is 1. The van der Waals surface area contributed by atoms with E-state index in [4.69, 9.17) is 9.72 Å². The Morgan fingerprint density at radius 1 is 1.42 bits per heavy atom. The molecule has 1 amide bonds. The summed E-state index contributed by atoms with van der Waals surface area (Å²) >= 11 is 2.79. The summed E-state index contributed by atoms with van der Waals surface area (Å²) in [6.07, 6.45) is 3.80. The highest BCUT2D eigenvalue weighted by atomic mass is 32.2. The number of nitrogens with zero attached hydrogens (tertiary/aromatic N) is 2. The largest absolute Gasteiger partial charge is 0.376 e. The lowest BCUT2D eigenvalue weighted by Gasteiger charge is -2.12. The lowest BCUT2D eigenvalue weighted by Crippen LogP contribution is -2.33. The van der Waals surface area contributed by atoms with Crippen LogP contribution in [-0.4, -0.2) is 40.5 Å². The molecule has 3 aromatic rings. The van der Waals surface area contributed by atoms with Gasteiger partial charge in [-0.25, -0.2) is 4.98 Å². The van der Waals surface area contributed by atoms with E-state index in [2.05, 4.69) is 11.9 Å². The Balaban J connectivity index is 1.60. The molecule has 2 aromatic heterocycles. The molecular weight excluding hydrogens is 430 g/mol. The molecular formula is C23H25N3O3S2. The van der Waals surface area contributed by atoms with Crippen LogP contribution in [-0.2, 0) is 16.1 Å². The van der Waals surface area contributed by atoms with Crippen LogP contribution in [0.2, 0.25) is 0 Å². The fourth-order valence-electron chi connectivity index (χ4n) is 3.68. The molecule has 0 spiro atoms. The van der Waals surface area contributed by atoms with Crippen molar-refractivity contribution in [2.75, 3.05) is 18.9 Å². The zero-order valence-corrected chi connectivity index (χ0v) is 19.1. The van der Waals surface area contributed by atoms with Gasteiger partial charge < -0.3 is 10.1 Å². The van der Waals surface area contributed by atoms with Crippen molar-refractivity contribution in [3.8, 4) is 10.4 Å². The summed E-state index contributed by atoms with van der Waals surface area (Å²) in [7, 11) is 0. The molecule has 1 unspecified atom stereocenters. The Morgan fingerprint density at radius 2 is 2.23 bits per heavy atom. The van der Waals surface area contributed by atoms with Crippen LogP contribution in [0.25, 0.3) is 20.7 Å². The topological polar surface area (TPSA) is 73.2 Å². The third-order valence-corrected chi connectivity index (χ3v) is 7.46. The second kappa shape index (κ2) is 9.80. The van der Waals surface area contributed by atoms with Gasteiger partial charge in [-0.05, 0) is 30.9 Å². The molecule has 1 aliphatic rings. The van der Waals surface area contributed by atoms with Crippen molar-refractivity contribution in [3.63, 3.8) is 0 Å². The summed E-state index contributed by atoms with van der Waals surface area (Å²) in [6, 6.07) is 10.0. The molecule has 0 bridgehead atoms. The number of ether oxygens (including phenoxy) is 1. The third-order valence-electron chi connectivity index (χ3n) is 5.25. The lowest BCUT2D eigenvalue weighted by atomic mass is 10.1. The number of aryl methyl sites for hydroxylation is 1.